The van der Waals surface area contributed by atoms with E-state index in [1.807, 2.05) is 24.3 Å². The highest BCUT2D eigenvalue weighted by atomic mass is 16.5. The first-order valence-corrected chi connectivity index (χ1v) is 6.94. The first kappa shape index (κ1) is 13.4. The molecule has 0 fully saturated rings. The summed E-state index contributed by atoms with van der Waals surface area (Å²) in [5.41, 5.74) is 9.24. The van der Waals surface area contributed by atoms with Crippen molar-refractivity contribution >= 4 is 17.5 Å². The molecular weight excluding hydrogens is 266 g/mol. The highest BCUT2D eigenvalue weighted by Gasteiger charge is 2.25. The summed E-state index contributed by atoms with van der Waals surface area (Å²) >= 11 is 0. The molecule has 2 aromatic rings. The number of pyridine rings is 1. The Bertz CT molecular complexity index is 671. The van der Waals surface area contributed by atoms with Crippen LogP contribution in [-0.2, 0) is 17.8 Å². The third-order valence-electron chi connectivity index (χ3n) is 3.63. The Kier molecular flexibility index (Phi) is 3.48. The monoisotopic (exact) mass is 283 g/mol. The fourth-order valence-corrected chi connectivity index (χ4v) is 2.59. The first-order chi connectivity index (χ1) is 10.2. The van der Waals surface area contributed by atoms with Crippen LogP contribution in [0.1, 0.15) is 28.4 Å². The second-order valence-corrected chi connectivity index (χ2v) is 4.93. The van der Waals surface area contributed by atoms with Crippen LogP contribution in [0.4, 0.5) is 11.5 Å². The summed E-state index contributed by atoms with van der Waals surface area (Å²) in [6, 6.07) is 9.50. The average molecular weight is 283 g/mol. The van der Waals surface area contributed by atoms with Crippen molar-refractivity contribution in [2.45, 2.75) is 20.0 Å². The van der Waals surface area contributed by atoms with Gasteiger partial charge in [-0.15, -0.1) is 0 Å². The Morgan fingerprint density at radius 3 is 2.90 bits per heavy atom. The van der Waals surface area contributed by atoms with Crippen molar-refractivity contribution < 1.29 is 9.53 Å². The van der Waals surface area contributed by atoms with E-state index in [9.17, 15) is 4.79 Å². The summed E-state index contributed by atoms with van der Waals surface area (Å²) in [5.74, 6) is 0.542. The molecule has 1 aromatic carbocycles. The molecule has 0 saturated heterocycles. The van der Waals surface area contributed by atoms with Crippen LogP contribution < -0.4 is 10.6 Å². The number of hydrogen-bond donors (Lipinski definition) is 1. The molecule has 1 aliphatic heterocycles. The van der Waals surface area contributed by atoms with Gasteiger partial charge in [0.2, 0.25) is 0 Å². The number of carbonyl (C=O) groups is 1. The lowest BCUT2D eigenvalue weighted by Gasteiger charge is -2.15. The molecule has 2 heterocycles. The minimum atomic E-state index is -0.367. The van der Waals surface area contributed by atoms with Crippen molar-refractivity contribution in [3.8, 4) is 0 Å². The number of fused-ring (bicyclic) bond motifs is 1. The van der Waals surface area contributed by atoms with Crippen LogP contribution in [0.5, 0.6) is 0 Å². The normalized spacial score (nSPS) is 13.1. The Balaban J connectivity index is 1.90. The van der Waals surface area contributed by atoms with Crippen LogP contribution in [0, 0.1) is 0 Å². The Morgan fingerprint density at radius 2 is 2.19 bits per heavy atom. The SMILES string of the molecule is CCOC(=O)c1ccc2c(c1N)CN(c1ccccn1)C2. The molecule has 1 aliphatic rings. The average Bonchev–Trinajstić information content (AvgIpc) is 2.94. The van der Waals surface area contributed by atoms with Gasteiger partial charge in [0, 0.05) is 24.8 Å². The van der Waals surface area contributed by atoms with Gasteiger partial charge in [-0.2, -0.15) is 0 Å². The molecule has 3 rings (SSSR count). The Labute approximate surface area is 123 Å². The minimum Gasteiger partial charge on any atom is -0.462 e. The second kappa shape index (κ2) is 5.44. The first-order valence-electron chi connectivity index (χ1n) is 6.94. The van der Waals surface area contributed by atoms with Crippen LogP contribution in [0.3, 0.4) is 0 Å². The largest absolute Gasteiger partial charge is 0.462 e. The van der Waals surface area contributed by atoms with Crippen LogP contribution >= 0.6 is 0 Å². The summed E-state index contributed by atoms with van der Waals surface area (Å²) in [6.07, 6.45) is 1.77. The molecule has 1 aromatic heterocycles. The van der Waals surface area contributed by atoms with Gasteiger partial charge < -0.3 is 15.4 Å². The van der Waals surface area contributed by atoms with Gasteiger partial charge in [-0.1, -0.05) is 12.1 Å². The highest BCUT2D eigenvalue weighted by Crippen LogP contribution is 2.32. The molecule has 0 aliphatic carbocycles. The van der Waals surface area contributed by atoms with Crippen molar-refractivity contribution in [3.05, 3.63) is 53.2 Å². The molecule has 0 radical (unpaired) electrons. The maximum atomic E-state index is 11.9. The zero-order chi connectivity index (χ0) is 14.8. The topological polar surface area (TPSA) is 68.5 Å². The molecule has 5 nitrogen and oxygen atoms in total. The summed E-state index contributed by atoms with van der Waals surface area (Å²) in [4.78, 5) is 18.4. The molecular formula is C16H17N3O2. The van der Waals surface area contributed by atoms with Crippen LogP contribution in [0.15, 0.2) is 36.5 Å². The van der Waals surface area contributed by atoms with E-state index in [-0.39, 0.29) is 5.97 Å². The number of nitrogens with two attached hydrogens (primary N) is 1. The number of hydrogen-bond acceptors (Lipinski definition) is 5. The predicted molar refractivity (Wildman–Crippen MR) is 80.9 cm³/mol. The molecule has 108 valence electrons. The fourth-order valence-electron chi connectivity index (χ4n) is 2.59. The van der Waals surface area contributed by atoms with Crippen LogP contribution in [0.2, 0.25) is 0 Å². The van der Waals surface area contributed by atoms with Crippen molar-refractivity contribution in [1.29, 1.82) is 0 Å². The number of anilines is 2. The summed E-state index contributed by atoms with van der Waals surface area (Å²) in [6.45, 7) is 3.53. The highest BCUT2D eigenvalue weighted by molar-refractivity contribution is 5.96. The van der Waals surface area contributed by atoms with Gasteiger partial charge in [-0.25, -0.2) is 9.78 Å². The van der Waals surface area contributed by atoms with E-state index < -0.39 is 0 Å². The zero-order valence-corrected chi connectivity index (χ0v) is 11.9. The van der Waals surface area contributed by atoms with Gasteiger partial charge in [0.25, 0.3) is 0 Å². The molecule has 0 unspecified atom stereocenters. The van der Waals surface area contributed by atoms with Crippen molar-refractivity contribution in [3.63, 3.8) is 0 Å². The van der Waals surface area contributed by atoms with Crippen LogP contribution in [0.25, 0.3) is 0 Å². The molecule has 0 spiro atoms. The fraction of sp³-hybridized carbons (Fsp3) is 0.250. The number of nitrogens with zero attached hydrogens (tertiary/aromatic N) is 2. The summed E-state index contributed by atoms with van der Waals surface area (Å²) in [7, 11) is 0. The molecule has 0 saturated carbocycles. The maximum absolute atomic E-state index is 11.9. The number of rotatable bonds is 3. The van der Waals surface area contributed by atoms with E-state index in [2.05, 4.69) is 9.88 Å². The van der Waals surface area contributed by atoms with Crippen molar-refractivity contribution in [2.75, 3.05) is 17.2 Å². The molecule has 0 bridgehead atoms. The van der Waals surface area contributed by atoms with Gasteiger partial charge >= 0.3 is 5.97 Å². The van der Waals surface area contributed by atoms with Crippen molar-refractivity contribution in [2.24, 2.45) is 0 Å². The summed E-state index contributed by atoms with van der Waals surface area (Å²) in [5, 5.41) is 0. The van der Waals surface area contributed by atoms with Gasteiger partial charge in [0.1, 0.15) is 5.82 Å². The van der Waals surface area contributed by atoms with E-state index in [0.29, 0.717) is 24.4 Å². The van der Waals surface area contributed by atoms with E-state index in [1.165, 1.54) is 0 Å². The van der Waals surface area contributed by atoms with E-state index in [0.717, 1.165) is 23.5 Å². The quantitative estimate of drug-likeness (QED) is 0.692. The number of aromatic nitrogens is 1. The second-order valence-electron chi connectivity index (χ2n) is 4.93. The standard InChI is InChI=1S/C16H17N3O2/c1-2-21-16(20)12-7-6-11-9-19(10-13(11)15(12)17)14-5-3-4-8-18-14/h3-8H,2,9-10,17H2,1H3. The predicted octanol–water partition coefficient (Wildman–Crippen LogP) is 2.36. The van der Waals surface area contributed by atoms with E-state index in [1.54, 1.807) is 19.2 Å². The van der Waals surface area contributed by atoms with E-state index in [4.69, 9.17) is 10.5 Å². The number of esters is 1. The third-order valence-corrected chi connectivity index (χ3v) is 3.63. The van der Waals surface area contributed by atoms with Crippen LogP contribution in [-0.4, -0.2) is 17.6 Å². The third kappa shape index (κ3) is 2.42. The van der Waals surface area contributed by atoms with Gasteiger partial charge in [-0.05, 0) is 30.7 Å². The minimum absolute atomic E-state index is 0.343. The molecule has 21 heavy (non-hydrogen) atoms. The van der Waals surface area contributed by atoms with E-state index >= 15 is 0 Å². The number of benzene rings is 1. The molecule has 5 heteroatoms. The Hall–Kier alpha value is -2.56. The number of carbonyl (C=O) groups excluding carboxylic acids is 1. The lowest BCUT2D eigenvalue weighted by molar-refractivity contribution is 0.0527. The number of ether oxygens (including phenoxy) is 1. The zero-order valence-electron chi connectivity index (χ0n) is 11.9. The van der Waals surface area contributed by atoms with Crippen molar-refractivity contribution in [1.82, 2.24) is 4.98 Å². The molecule has 0 amide bonds. The number of nitrogen functional groups attached to an aromatic ring is 1. The molecule has 0 atom stereocenters. The summed E-state index contributed by atoms with van der Waals surface area (Å²) < 4.78 is 5.04. The van der Waals surface area contributed by atoms with Gasteiger partial charge in [0.05, 0.1) is 17.9 Å². The van der Waals surface area contributed by atoms with Gasteiger partial charge in [0.15, 0.2) is 0 Å². The lowest BCUT2D eigenvalue weighted by atomic mass is 10.0. The lowest BCUT2D eigenvalue weighted by Crippen LogP contribution is -2.16. The molecule has 2 N–H and O–H groups in total. The maximum Gasteiger partial charge on any atom is 0.340 e. The van der Waals surface area contributed by atoms with Gasteiger partial charge in [-0.3, -0.25) is 0 Å². The Morgan fingerprint density at radius 1 is 1.33 bits per heavy atom. The smallest absolute Gasteiger partial charge is 0.340 e.